The van der Waals surface area contributed by atoms with Crippen molar-refractivity contribution >= 4 is 9.84 Å². The summed E-state index contributed by atoms with van der Waals surface area (Å²) in [5.41, 5.74) is 0.797. The van der Waals surface area contributed by atoms with Crippen LogP contribution in [0.2, 0.25) is 0 Å². The van der Waals surface area contributed by atoms with Crippen molar-refractivity contribution in [2.45, 2.75) is 12.7 Å². The molecule has 13 heavy (non-hydrogen) atoms. The maximum atomic E-state index is 11.4. The molecule has 0 bridgehead atoms. The van der Waals surface area contributed by atoms with Gasteiger partial charge in [-0.15, -0.1) is 0 Å². The number of hydrogen-bond acceptors (Lipinski definition) is 2. The van der Waals surface area contributed by atoms with Crippen molar-refractivity contribution in [3.8, 4) is 0 Å². The lowest BCUT2D eigenvalue weighted by molar-refractivity contribution is 0.601. The van der Waals surface area contributed by atoms with Crippen LogP contribution in [0.25, 0.3) is 0 Å². The second-order valence-corrected chi connectivity index (χ2v) is 5.16. The summed E-state index contributed by atoms with van der Waals surface area (Å²) in [6, 6.07) is 9.09. The van der Waals surface area contributed by atoms with Crippen LogP contribution >= 0.6 is 0 Å². The van der Waals surface area contributed by atoms with Gasteiger partial charge in [-0.05, 0) is 12.5 Å². The van der Waals surface area contributed by atoms with Crippen molar-refractivity contribution in [3.05, 3.63) is 47.4 Å². The molecule has 1 aromatic carbocycles. The van der Waals surface area contributed by atoms with Gasteiger partial charge in [0.1, 0.15) is 0 Å². The first kappa shape index (κ1) is 9.99. The van der Waals surface area contributed by atoms with Crippen molar-refractivity contribution in [1.82, 2.24) is 0 Å². The minimum absolute atomic E-state index is 0.0448. The molecule has 0 aliphatic heterocycles. The standard InChI is InChI=1S/C10H12O2S/c1-9(2)13(11,12)8-10-6-4-3-5-7-10/h3-7H,1,8H2,2H3. The monoisotopic (exact) mass is 196 g/mol. The zero-order valence-corrected chi connectivity index (χ0v) is 8.34. The Morgan fingerprint density at radius 1 is 1.31 bits per heavy atom. The average molecular weight is 196 g/mol. The van der Waals surface area contributed by atoms with Gasteiger partial charge in [-0.25, -0.2) is 8.42 Å². The van der Waals surface area contributed by atoms with Gasteiger partial charge >= 0.3 is 0 Å². The van der Waals surface area contributed by atoms with Gasteiger partial charge in [-0.1, -0.05) is 36.9 Å². The molecular formula is C10H12O2S. The SMILES string of the molecule is C=C(C)S(=O)(=O)Cc1ccccc1. The number of allylic oxidation sites excluding steroid dienone is 1. The van der Waals surface area contributed by atoms with E-state index in [1.54, 1.807) is 12.1 Å². The Morgan fingerprint density at radius 3 is 2.31 bits per heavy atom. The van der Waals surface area contributed by atoms with Crippen molar-refractivity contribution in [1.29, 1.82) is 0 Å². The largest absolute Gasteiger partial charge is 0.224 e. The normalized spacial score (nSPS) is 11.2. The highest BCUT2D eigenvalue weighted by Gasteiger charge is 2.11. The molecule has 0 heterocycles. The molecule has 0 amide bonds. The summed E-state index contributed by atoms with van der Waals surface area (Å²) >= 11 is 0. The Hall–Kier alpha value is -1.09. The smallest absolute Gasteiger partial charge is 0.177 e. The Balaban J connectivity index is 2.88. The fourth-order valence-corrected chi connectivity index (χ4v) is 1.79. The van der Waals surface area contributed by atoms with Crippen LogP contribution in [0.4, 0.5) is 0 Å². The lowest BCUT2D eigenvalue weighted by atomic mass is 10.2. The van der Waals surface area contributed by atoms with Gasteiger partial charge in [0.25, 0.3) is 0 Å². The summed E-state index contributed by atoms with van der Waals surface area (Å²) in [6.07, 6.45) is 0. The molecule has 0 fully saturated rings. The van der Waals surface area contributed by atoms with E-state index in [4.69, 9.17) is 0 Å². The average Bonchev–Trinajstić information content (AvgIpc) is 2.05. The molecule has 0 spiro atoms. The van der Waals surface area contributed by atoms with Gasteiger partial charge in [-0.2, -0.15) is 0 Å². The van der Waals surface area contributed by atoms with Crippen molar-refractivity contribution in [2.24, 2.45) is 0 Å². The molecule has 0 saturated heterocycles. The van der Waals surface area contributed by atoms with Gasteiger partial charge in [0.2, 0.25) is 0 Å². The van der Waals surface area contributed by atoms with Crippen LogP contribution in [0.3, 0.4) is 0 Å². The predicted octanol–water partition coefficient (Wildman–Crippen LogP) is 2.13. The van der Waals surface area contributed by atoms with E-state index in [1.165, 1.54) is 6.92 Å². The highest BCUT2D eigenvalue weighted by atomic mass is 32.2. The molecule has 0 aliphatic rings. The summed E-state index contributed by atoms with van der Waals surface area (Å²) in [7, 11) is -3.15. The fourth-order valence-electron chi connectivity index (χ4n) is 0.917. The van der Waals surface area contributed by atoms with Crippen LogP contribution in [0.1, 0.15) is 12.5 Å². The highest BCUT2D eigenvalue weighted by molar-refractivity contribution is 7.94. The molecule has 0 saturated carbocycles. The quantitative estimate of drug-likeness (QED) is 0.742. The first-order valence-corrected chi connectivity index (χ1v) is 5.60. The van der Waals surface area contributed by atoms with Crippen LogP contribution in [0.5, 0.6) is 0 Å². The summed E-state index contributed by atoms with van der Waals surface area (Å²) < 4.78 is 22.8. The maximum absolute atomic E-state index is 11.4. The minimum atomic E-state index is -3.15. The first-order chi connectivity index (χ1) is 6.02. The Bertz CT molecular complexity index is 390. The molecule has 3 heteroatoms. The number of sulfone groups is 1. The molecule has 0 unspecified atom stereocenters. The van der Waals surface area contributed by atoms with E-state index in [0.717, 1.165) is 5.56 Å². The molecule has 0 atom stereocenters. The molecule has 0 aromatic heterocycles. The molecule has 70 valence electrons. The maximum Gasteiger partial charge on any atom is 0.177 e. The summed E-state index contributed by atoms with van der Waals surface area (Å²) in [6.45, 7) is 4.95. The third-order valence-electron chi connectivity index (χ3n) is 1.73. The predicted molar refractivity (Wildman–Crippen MR) is 53.9 cm³/mol. The van der Waals surface area contributed by atoms with Crippen molar-refractivity contribution in [3.63, 3.8) is 0 Å². The third kappa shape index (κ3) is 2.70. The van der Waals surface area contributed by atoms with E-state index < -0.39 is 9.84 Å². The van der Waals surface area contributed by atoms with Crippen LogP contribution < -0.4 is 0 Å². The Morgan fingerprint density at radius 2 is 1.85 bits per heavy atom. The molecule has 1 rings (SSSR count). The van der Waals surface area contributed by atoms with E-state index >= 15 is 0 Å². The van der Waals surface area contributed by atoms with Gasteiger partial charge in [0, 0.05) is 4.91 Å². The van der Waals surface area contributed by atoms with Crippen molar-refractivity contribution in [2.75, 3.05) is 0 Å². The zero-order chi connectivity index (χ0) is 9.90. The molecule has 1 aromatic rings. The van der Waals surface area contributed by atoms with E-state index in [-0.39, 0.29) is 10.7 Å². The van der Waals surface area contributed by atoms with Gasteiger partial charge in [-0.3, -0.25) is 0 Å². The lowest BCUT2D eigenvalue weighted by Gasteiger charge is -2.02. The van der Waals surface area contributed by atoms with Gasteiger partial charge in [0.15, 0.2) is 9.84 Å². The summed E-state index contributed by atoms with van der Waals surface area (Å²) in [5, 5.41) is 0. The molecule has 0 N–H and O–H groups in total. The van der Waals surface area contributed by atoms with Crippen molar-refractivity contribution < 1.29 is 8.42 Å². The number of rotatable bonds is 3. The van der Waals surface area contributed by atoms with Crippen LogP contribution in [-0.2, 0) is 15.6 Å². The van der Waals surface area contributed by atoms with E-state index in [1.807, 2.05) is 18.2 Å². The highest BCUT2D eigenvalue weighted by Crippen LogP contribution is 2.11. The minimum Gasteiger partial charge on any atom is -0.224 e. The zero-order valence-electron chi connectivity index (χ0n) is 7.53. The second-order valence-electron chi connectivity index (χ2n) is 2.95. The number of hydrogen-bond donors (Lipinski definition) is 0. The topological polar surface area (TPSA) is 34.1 Å². The molecule has 0 radical (unpaired) electrons. The van der Waals surface area contributed by atoms with Gasteiger partial charge in [0.05, 0.1) is 5.75 Å². The lowest BCUT2D eigenvalue weighted by Crippen LogP contribution is -2.03. The molecular weight excluding hydrogens is 184 g/mol. The first-order valence-electron chi connectivity index (χ1n) is 3.94. The fraction of sp³-hybridized carbons (Fsp3) is 0.200. The number of benzene rings is 1. The Labute approximate surface area is 78.8 Å². The van der Waals surface area contributed by atoms with Crippen LogP contribution in [0.15, 0.2) is 41.8 Å². The van der Waals surface area contributed by atoms with Crippen LogP contribution in [-0.4, -0.2) is 8.42 Å². The van der Waals surface area contributed by atoms with E-state index in [0.29, 0.717) is 0 Å². The summed E-state index contributed by atoms with van der Waals surface area (Å²) in [5.74, 6) is 0.0448. The second kappa shape index (κ2) is 3.75. The summed E-state index contributed by atoms with van der Waals surface area (Å²) in [4.78, 5) is 0.219. The Kier molecular flexibility index (Phi) is 2.88. The van der Waals surface area contributed by atoms with Crippen LogP contribution in [0, 0.1) is 0 Å². The third-order valence-corrected chi connectivity index (χ3v) is 3.51. The van der Waals surface area contributed by atoms with Gasteiger partial charge < -0.3 is 0 Å². The molecule has 2 nitrogen and oxygen atoms in total. The van der Waals surface area contributed by atoms with E-state index in [2.05, 4.69) is 6.58 Å². The molecule has 0 aliphatic carbocycles. The van der Waals surface area contributed by atoms with E-state index in [9.17, 15) is 8.42 Å².